The van der Waals surface area contributed by atoms with E-state index in [0.717, 1.165) is 5.56 Å². The third-order valence-electron chi connectivity index (χ3n) is 2.42. The van der Waals surface area contributed by atoms with Crippen molar-refractivity contribution < 1.29 is 15.3 Å². The van der Waals surface area contributed by atoms with Crippen LogP contribution in [0.15, 0.2) is 36.4 Å². The Bertz CT molecular complexity index is 483. The normalized spacial score (nSPS) is 10.3. The van der Waals surface area contributed by atoms with Gasteiger partial charge in [-0.2, -0.15) is 0 Å². The minimum absolute atomic E-state index is 0.00662. The summed E-state index contributed by atoms with van der Waals surface area (Å²) in [4.78, 5) is 0. The Morgan fingerprint density at radius 3 is 1.88 bits per heavy atom. The van der Waals surface area contributed by atoms with Gasteiger partial charge in [-0.1, -0.05) is 12.1 Å². The Hall–Kier alpha value is -2.16. The van der Waals surface area contributed by atoms with E-state index >= 15 is 0 Å². The molecule has 3 N–H and O–H groups in total. The van der Waals surface area contributed by atoms with Gasteiger partial charge in [0.25, 0.3) is 0 Å². The smallest absolute Gasteiger partial charge is 0.127 e. The van der Waals surface area contributed by atoms with E-state index in [4.69, 9.17) is 0 Å². The summed E-state index contributed by atoms with van der Waals surface area (Å²) in [6.45, 7) is 1.88. The fourth-order valence-corrected chi connectivity index (χ4v) is 1.62. The van der Waals surface area contributed by atoms with Crippen molar-refractivity contribution in [2.45, 2.75) is 6.92 Å². The van der Waals surface area contributed by atoms with Crippen molar-refractivity contribution in [3.63, 3.8) is 0 Å². The third kappa shape index (κ3) is 1.80. The van der Waals surface area contributed by atoms with Gasteiger partial charge in [-0.25, -0.2) is 0 Å². The summed E-state index contributed by atoms with van der Waals surface area (Å²) in [7, 11) is 0. The van der Waals surface area contributed by atoms with E-state index in [1.54, 1.807) is 18.2 Å². The second kappa shape index (κ2) is 3.77. The minimum Gasteiger partial charge on any atom is -0.508 e. The Morgan fingerprint density at radius 2 is 1.31 bits per heavy atom. The lowest BCUT2D eigenvalue weighted by Crippen LogP contribution is -1.82. The largest absolute Gasteiger partial charge is 0.508 e. The van der Waals surface area contributed by atoms with E-state index in [0.29, 0.717) is 11.1 Å². The molecule has 0 amide bonds. The molecule has 0 fully saturated rings. The highest BCUT2D eigenvalue weighted by molar-refractivity contribution is 5.76. The van der Waals surface area contributed by atoms with Crippen LogP contribution in [0.5, 0.6) is 17.2 Å². The number of aromatic hydroxyl groups is 3. The number of hydrogen-bond acceptors (Lipinski definition) is 3. The zero-order valence-electron chi connectivity index (χ0n) is 8.81. The molecule has 16 heavy (non-hydrogen) atoms. The number of aryl methyl sites for hydroxylation is 1. The Morgan fingerprint density at radius 1 is 0.750 bits per heavy atom. The zero-order chi connectivity index (χ0) is 11.7. The Kier molecular flexibility index (Phi) is 2.44. The van der Waals surface area contributed by atoms with Crippen LogP contribution in [0.25, 0.3) is 11.1 Å². The lowest BCUT2D eigenvalue weighted by molar-refractivity contribution is 0.450. The molecule has 0 saturated heterocycles. The highest BCUT2D eigenvalue weighted by Gasteiger charge is 2.09. The van der Waals surface area contributed by atoms with E-state index in [1.807, 2.05) is 13.0 Å². The van der Waals surface area contributed by atoms with Crippen molar-refractivity contribution >= 4 is 0 Å². The summed E-state index contributed by atoms with van der Waals surface area (Å²) >= 11 is 0. The maximum absolute atomic E-state index is 9.76. The quantitative estimate of drug-likeness (QED) is 0.686. The number of phenolic OH excluding ortho intramolecular Hbond substituents is 3. The van der Waals surface area contributed by atoms with Gasteiger partial charge in [0.1, 0.15) is 17.2 Å². The number of phenols is 3. The van der Waals surface area contributed by atoms with Gasteiger partial charge in [0.05, 0.1) is 0 Å². The molecule has 0 spiro atoms. The summed E-state index contributed by atoms with van der Waals surface area (Å²) in [5.41, 5.74) is 1.98. The molecule has 0 saturated carbocycles. The van der Waals surface area contributed by atoms with Crippen molar-refractivity contribution in [2.24, 2.45) is 0 Å². The SMILES string of the molecule is Cc1ccc(-c2ccc(O)cc2O)c(O)c1. The van der Waals surface area contributed by atoms with Crippen LogP contribution in [0.3, 0.4) is 0 Å². The van der Waals surface area contributed by atoms with Crippen molar-refractivity contribution in [3.8, 4) is 28.4 Å². The second-order valence-electron chi connectivity index (χ2n) is 3.72. The standard InChI is InChI=1S/C13H12O3/c1-8-2-4-10(12(15)6-8)11-5-3-9(14)7-13(11)16/h2-7,14-16H,1H3. The molecule has 0 heterocycles. The summed E-state index contributed by atoms with van der Waals surface area (Å²) in [5, 5.41) is 28.6. The molecule has 0 unspecified atom stereocenters. The van der Waals surface area contributed by atoms with Gasteiger partial charge >= 0.3 is 0 Å². The number of hydrogen-bond donors (Lipinski definition) is 3. The molecule has 0 aromatic heterocycles. The fraction of sp³-hybridized carbons (Fsp3) is 0.0769. The molecule has 3 heteroatoms. The maximum Gasteiger partial charge on any atom is 0.127 e. The van der Waals surface area contributed by atoms with Crippen LogP contribution in [0.4, 0.5) is 0 Å². The monoisotopic (exact) mass is 216 g/mol. The van der Waals surface area contributed by atoms with Crippen LogP contribution in [0.2, 0.25) is 0 Å². The van der Waals surface area contributed by atoms with Gasteiger partial charge in [-0.05, 0) is 30.7 Å². The molecule has 3 nitrogen and oxygen atoms in total. The average molecular weight is 216 g/mol. The molecule has 0 aliphatic carbocycles. The van der Waals surface area contributed by atoms with Gasteiger partial charge in [-0.15, -0.1) is 0 Å². The molecule has 0 aliphatic rings. The van der Waals surface area contributed by atoms with Crippen molar-refractivity contribution in [1.29, 1.82) is 0 Å². The van der Waals surface area contributed by atoms with Crippen LogP contribution < -0.4 is 0 Å². The maximum atomic E-state index is 9.76. The summed E-state index contributed by atoms with van der Waals surface area (Å²) in [6.07, 6.45) is 0. The summed E-state index contributed by atoms with van der Waals surface area (Å²) in [5.74, 6) is 0.0491. The number of benzene rings is 2. The van der Waals surface area contributed by atoms with E-state index in [2.05, 4.69) is 0 Å². The molecule has 82 valence electrons. The van der Waals surface area contributed by atoms with Crippen LogP contribution in [-0.4, -0.2) is 15.3 Å². The first-order valence-corrected chi connectivity index (χ1v) is 4.90. The van der Waals surface area contributed by atoms with Gasteiger partial charge in [0, 0.05) is 17.2 Å². The van der Waals surface area contributed by atoms with Crippen molar-refractivity contribution in [1.82, 2.24) is 0 Å². The Balaban J connectivity index is 2.59. The fourth-order valence-electron chi connectivity index (χ4n) is 1.62. The minimum atomic E-state index is -0.0563. The van der Waals surface area contributed by atoms with Gasteiger partial charge in [0.2, 0.25) is 0 Å². The topological polar surface area (TPSA) is 60.7 Å². The van der Waals surface area contributed by atoms with Crippen LogP contribution in [0.1, 0.15) is 5.56 Å². The predicted octanol–water partition coefficient (Wildman–Crippen LogP) is 2.78. The molecule has 0 bridgehead atoms. The molecule has 0 radical (unpaired) electrons. The molecule has 2 aromatic carbocycles. The molecule has 0 atom stereocenters. The lowest BCUT2D eigenvalue weighted by Gasteiger charge is -2.08. The molecular formula is C13H12O3. The Labute approximate surface area is 93.2 Å². The average Bonchev–Trinajstić information content (AvgIpc) is 2.19. The highest BCUT2D eigenvalue weighted by Crippen LogP contribution is 2.37. The van der Waals surface area contributed by atoms with E-state index in [1.165, 1.54) is 12.1 Å². The predicted molar refractivity (Wildman–Crippen MR) is 61.6 cm³/mol. The van der Waals surface area contributed by atoms with Crippen molar-refractivity contribution in [2.75, 3.05) is 0 Å². The highest BCUT2D eigenvalue weighted by atomic mass is 16.3. The van der Waals surface area contributed by atoms with E-state index in [-0.39, 0.29) is 17.2 Å². The zero-order valence-corrected chi connectivity index (χ0v) is 8.81. The molecule has 0 aliphatic heterocycles. The van der Waals surface area contributed by atoms with Gasteiger partial charge < -0.3 is 15.3 Å². The van der Waals surface area contributed by atoms with E-state index in [9.17, 15) is 15.3 Å². The number of rotatable bonds is 1. The van der Waals surface area contributed by atoms with Crippen LogP contribution in [0, 0.1) is 6.92 Å². The summed E-state index contributed by atoms with van der Waals surface area (Å²) in [6, 6.07) is 9.48. The second-order valence-corrected chi connectivity index (χ2v) is 3.72. The molecular weight excluding hydrogens is 204 g/mol. The summed E-state index contributed by atoms with van der Waals surface area (Å²) < 4.78 is 0. The van der Waals surface area contributed by atoms with Gasteiger partial charge in [0.15, 0.2) is 0 Å². The first-order chi connectivity index (χ1) is 7.58. The van der Waals surface area contributed by atoms with Crippen LogP contribution >= 0.6 is 0 Å². The van der Waals surface area contributed by atoms with Gasteiger partial charge in [-0.3, -0.25) is 0 Å². The third-order valence-corrected chi connectivity index (χ3v) is 2.42. The molecule has 2 rings (SSSR count). The van der Waals surface area contributed by atoms with E-state index < -0.39 is 0 Å². The van der Waals surface area contributed by atoms with Crippen molar-refractivity contribution in [3.05, 3.63) is 42.0 Å². The molecule has 2 aromatic rings. The first kappa shape index (κ1) is 10.4. The first-order valence-electron chi connectivity index (χ1n) is 4.90. The van der Waals surface area contributed by atoms with Crippen LogP contribution in [-0.2, 0) is 0 Å². The lowest BCUT2D eigenvalue weighted by atomic mass is 10.0.